The fourth-order valence-corrected chi connectivity index (χ4v) is 2.68. The van der Waals surface area contributed by atoms with E-state index < -0.39 is 0 Å². The van der Waals surface area contributed by atoms with Crippen molar-refractivity contribution in [2.75, 3.05) is 0 Å². The van der Waals surface area contributed by atoms with Gasteiger partial charge in [0, 0.05) is 12.4 Å². The maximum atomic E-state index is 12.7. The van der Waals surface area contributed by atoms with Crippen LogP contribution in [0, 0.1) is 6.92 Å². The molecule has 0 saturated heterocycles. The van der Waals surface area contributed by atoms with Crippen molar-refractivity contribution in [1.82, 2.24) is 14.0 Å². The first kappa shape index (κ1) is 15.2. The van der Waals surface area contributed by atoms with Crippen LogP contribution in [0.4, 0.5) is 0 Å². The minimum atomic E-state index is -0.153. The molecule has 0 saturated carbocycles. The Morgan fingerprint density at radius 1 is 1.00 bits per heavy atom. The summed E-state index contributed by atoms with van der Waals surface area (Å²) < 4.78 is 8.86. The molecule has 124 valence electrons. The monoisotopic (exact) mass is 331 g/mol. The fraction of sp³-hybridized carbons (Fsp3) is 0.100. The molecule has 0 N–H and O–H groups in total. The lowest BCUT2D eigenvalue weighted by molar-refractivity contribution is 0.302. The predicted octanol–water partition coefficient (Wildman–Crippen LogP) is 3.37. The zero-order chi connectivity index (χ0) is 17.2. The van der Waals surface area contributed by atoms with Gasteiger partial charge < -0.3 is 4.74 Å². The van der Waals surface area contributed by atoms with Gasteiger partial charge in [0.1, 0.15) is 18.0 Å². The second kappa shape index (κ2) is 6.28. The van der Waals surface area contributed by atoms with Gasteiger partial charge in [0.2, 0.25) is 0 Å². The van der Waals surface area contributed by atoms with Crippen molar-refractivity contribution >= 4 is 5.65 Å². The Labute approximate surface area is 144 Å². The van der Waals surface area contributed by atoms with Gasteiger partial charge in [-0.05, 0) is 37.3 Å². The molecule has 0 unspecified atom stereocenters. The fourth-order valence-electron chi connectivity index (χ4n) is 2.68. The number of benzene rings is 2. The zero-order valence-corrected chi connectivity index (χ0v) is 13.8. The van der Waals surface area contributed by atoms with Crippen molar-refractivity contribution in [2.45, 2.75) is 13.5 Å². The lowest BCUT2D eigenvalue weighted by Crippen LogP contribution is -2.24. The van der Waals surface area contributed by atoms with E-state index in [0.29, 0.717) is 17.9 Å². The summed E-state index contributed by atoms with van der Waals surface area (Å²) in [6, 6.07) is 19.2. The topological polar surface area (TPSA) is 48.5 Å². The van der Waals surface area contributed by atoms with Crippen molar-refractivity contribution in [1.29, 1.82) is 0 Å². The summed E-state index contributed by atoms with van der Waals surface area (Å²) in [6.45, 7) is 2.33. The Morgan fingerprint density at radius 2 is 1.76 bits per heavy atom. The molecule has 5 nitrogen and oxygen atoms in total. The molecule has 0 radical (unpaired) electrons. The van der Waals surface area contributed by atoms with E-state index in [1.165, 1.54) is 0 Å². The van der Waals surface area contributed by atoms with Crippen LogP contribution >= 0.6 is 0 Å². The van der Waals surface area contributed by atoms with Gasteiger partial charge in [-0.25, -0.2) is 9.78 Å². The molecule has 0 fully saturated rings. The molecule has 2 aromatic carbocycles. The summed E-state index contributed by atoms with van der Waals surface area (Å²) in [4.78, 5) is 17.2. The first-order valence-electron chi connectivity index (χ1n) is 8.05. The van der Waals surface area contributed by atoms with E-state index in [0.717, 1.165) is 17.0 Å². The van der Waals surface area contributed by atoms with Crippen LogP contribution in [0.2, 0.25) is 0 Å². The summed E-state index contributed by atoms with van der Waals surface area (Å²) in [5, 5.41) is 0. The second-order valence-electron chi connectivity index (χ2n) is 5.87. The molecule has 0 spiro atoms. The maximum absolute atomic E-state index is 12.7. The first-order chi connectivity index (χ1) is 12.2. The third-order valence-electron chi connectivity index (χ3n) is 4.01. The largest absolute Gasteiger partial charge is 0.487 e. The van der Waals surface area contributed by atoms with Gasteiger partial charge in [-0.2, -0.15) is 0 Å². The number of nitrogens with zero attached hydrogens (tertiary/aromatic N) is 3. The van der Waals surface area contributed by atoms with Gasteiger partial charge in [0.25, 0.3) is 0 Å². The number of aromatic nitrogens is 3. The van der Waals surface area contributed by atoms with Gasteiger partial charge in [0.05, 0.1) is 11.4 Å². The van der Waals surface area contributed by atoms with E-state index in [1.807, 2.05) is 67.6 Å². The smallest absolute Gasteiger partial charge is 0.338 e. The molecule has 2 aromatic heterocycles. The first-order valence-corrected chi connectivity index (χ1v) is 8.05. The molecular weight excluding hydrogens is 314 g/mol. The lowest BCUT2D eigenvalue weighted by atomic mass is 10.2. The lowest BCUT2D eigenvalue weighted by Gasteiger charge is -2.06. The third kappa shape index (κ3) is 3.04. The molecule has 0 amide bonds. The Balaban J connectivity index is 1.65. The van der Waals surface area contributed by atoms with Crippen LogP contribution in [0.1, 0.15) is 11.3 Å². The Bertz CT molecular complexity index is 1060. The minimum absolute atomic E-state index is 0.153. The molecule has 4 rings (SSSR count). The van der Waals surface area contributed by atoms with Gasteiger partial charge in [-0.3, -0.25) is 8.97 Å². The SMILES string of the molecule is Cc1ccc(-n2ccc3nc(COc4ccccc4)cn3c2=O)cc1. The molecule has 0 atom stereocenters. The highest BCUT2D eigenvalue weighted by Crippen LogP contribution is 2.12. The van der Waals surface area contributed by atoms with Gasteiger partial charge >= 0.3 is 5.69 Å². The molecule has 0 aliphatic heterocycles. The van der Waals surface area contributed by atoms with Crippen LogP contribution in [0.5, 0.6) is 5.75 Å². The summed E-state index contributed by atoms with van der Waals surface area (Å²) in [5.74, 6) is 0.775. The predicted molar refractivity (Wildman–Crippen MR) is 96.3 cm³/mol. The highest BCUT2D eigenvalue weighted by molar-refractivity contribution is 5.41. The number of imidazole rings is 1. The van der Waals surface area contributed by atoms with Gasteiger partial charge in [-0.1, -0.05) is 35.9 Å². The number of para-hydroxylation sites is 1. The molecule has 0 aliphatic carbocycles. The Morgan fingerprint density at radius 3 is 2.52 bits per heavy atom. The Kier molecular flexibility index (Phi) is 3.82. The van der Waals surface area contributed by atoms with E-state index >= 15 is 0 Å². The van der Waals surface area contributed by atoms with E-state index in [-0.39, 0.29) is 5.69 Å². The second-order valence-corrected chi connectivity index (χ2v) is 5.87. The van der Waals surface area contributed by atoms with Gasteiger partial charge in [0.15, 0.2) is 0 Å². The number of hydrogen-bond donors (Lipinski definition) is 0. The molecule has 25 heavy (non-hydrogen) atoms. The normalized spacial score (nSPS) is 10.9. The van der Waals surface area contributed by atoms with Crippen molar-refractivity contribution in [2.24, 2.45) is 0 Å². The van der Waals surface area contributed by atoms with Crippen molar-refractivity contribution in [3.05, 3.63) is 94.8 Å². The minimum Gasteiger partial charge on any atom is -0.487 e. The van der Waals surface area contributed by atoms with Gasteiger partial charge in [-0.15, -0.1) is 0 Å². The van der Waals surface area contributed by atoms with E-state index in [2.05, 4.69) is 4.98 Å². The number of rotatable bonds is 4. The average molecular weight is 331 g/mol. The summed E-state index contributed by atoms with van der Waals surface area (Å²) in [6.07, 6.45) is 3.47. The molecule has 4 aromatic rings. The highest BCUT2D eigenvalue weighted by Gasteiger charge is 2.08. The third-order valence-corrected chi connectivity index (χ3v) is 4.01. The number of hydrogen-bond acceptors (Lipinski definition) is 3. The number of ether oxygens (including phenoxy) is 1. The standard InChI is InChI=1S/C20H17N3O2/c1-15-7-9-17(10-8-15)22-12-11-19-21-16(13-23(19)20(22)24)14-25-18-5-3-2-4-6-18/h2-13H,14H2,1H3. The zero-order valence-electron chi connectivity index (χ0n) is 13.8. The van der Waals surface area contributed by atoms with Crippen LogP contribution in [0.15, 0.2) is 77.9 Å². The quantitative estimate of drug-likeness (QED) is 0.576. The van der Waals surface area contributed by atoms with Crippen LogP contribution < -0.4 is 10.4 Å². The van der Waals surface area contributed by atoms with Crippen LogP contribution in [0.25, 0.3) is 11.3 Å². The van der Waals surface area contributed by atoms with Crippen molar-refractivity contribution < 1.29 is 4.74 Å². The number of fused-ring (bicyclic) bond motifs is 1. The summed E-state index contributed by atoms with van der Waals surface area (Å²) in [7, 11) is 0. The highest BCUT2D eigenvalue weighted by atomic mass is 16.5. The van der Waals surface area contributed by atoms with E-state index in [9.17, 15) is 4.79 Å². The van der Waals surface area contributed by atoms with Crippen molar-refractivity contribution in [3.8, 4) is 11.4 Å². The van der Waals surface area contributed by atoms with Crippen molar-refractivity contribution in [3.63, 3.8) is 0 Å². The molecule has 0 bridgehead atoms. The van der Waals surface area contributed by atoms with E-state index in [4.69, 9.17) is 4.74 Å². The maximum Gasteiger partial charge on any atom is 0.338 e. The summed E-state index contributed by atoms with van der Waals surface area (Å²) in [5.41, 5.74) is 3.15. The summed E-state index contributed by atoms with van der Waals surface area (Å²) >= 11 is 0. The van der Waals surface area contributed by atoms with Crippen LogP contribution in [0.3, 0.4) is 0 Å². The van der Waals surface area contributed by atoms with Crippen LogP contribution in [-0.4, -0.2) is 14.0 Å². The van der Waals surface area contributed by atoms with Crippen LogP contribution in [-0.2, 0) is 6.61 Å². The Hall–Kier alpha value is -3.34. The molecular formula is C20H17N3O2. The molecule has 0 aliphatic rings. The average Bonchev–Trinajstić information content (AvgIpc) is 3.06. The molecule has 2 heterocycles. The van der Waals surface area contributed by atoms with E-state index in [1.54, 1.807) is 21.4 Å². The molecule has 5 heteroatoms. The number of aryl methyl sites for hydroxylation is 1.